The second-order valence-corrected chi connectivity index (χ2v) is 8.11. The van der Waals surface area contributed by atoms with Crippen LogP contribution in [0.25, 0.3) is 0 Å². The summed E-state index contributed by atoms with van der Waals surface area (Å²) in [5.74, 6) is 0.826. The molecular formula is C18H15BrN2OS2. The Balaban J connectivity index is 1.51. The van der Waals surface area contributed by atoms with Gasteiger partial charge in [-0.2, -0.15) is 0 Å². The van der Waals surface area contributed by atoms with Crippen molar-refractivity contribution in [1.82, 2.24) is 4.98 Å². The second-order valence-electron chi connectivity index (χ2n) is 5.11. The zero-order valence-electron chi connectivity index (χ0n) is 12.7. The molecule has 122 valence electrons. The van der Waals surface area contributed by atoms with Crippen LogP contribution in [0.2, 0.25) is 0 Å². The standard InChI is InChI=1S/C18H15BrN2OS2/c19-14-8-6-13(7-9-14)11-23-18-21-16(12-24-18)10-17(22)20-15-4-2-1-3-5-15/h1-9,12H,10-11H2,(H,20,22). The first-order valence-electron chi connectivity index (χ1n) is 7.35. The average molecular weight is 419 g/mol. The molecule has 0 saturated carbocycles. The van der Waals surface area contributed by atoms with Crippen LogP contribution in [-0.2, 0) is 17.0 Å². The van der Waals surface area contributed by atoms with E-state index in [4.69, 9.17) is 0 Å². The number of nitrogens with one attached hydrogen (secondary N) is 1. The number of benzene rings is 2. The van der Waals surface area contributed by atoms with Crippen molar-refractivity contribution in [3.05, 3.63) is 75.7 Å². The molecule has 0 aliphatic rings. The fourth-order valence-electron chi connectivity index (χ4n) is 2.05. The van der Waals surface area contributed by atoms with Crippen LogP contribution in [-0.4, -0.2) is 10.9 Å². The van der Waals surface area contributed by atoms with Crippen LogP contribution < -0.4 is 5.32 Å². The van der Waals surface area contributed by atoms with Crippen LogP contribution in [0.4, 0.5) is 5.69 Å². The Morgan fingerprint density at radius 3 is 2.62 bits per heavy atom. The maximum Gasteiger partial charge on any atom is 0.230 e. The van der Waals surface area contributed by atoms with E-state index in [1.54, 1.807) is 23.1 Å². The molecule has 1 amide bonds. The van der Waals surface area contributed by atoms with Crippen LogP contribution in [0.3, 0.4) is 0 Å². The van der Waals surface area contributed by atoms with Gasteiger partial charge in [0.05, 0.1) is 12.1 Å². The lowest BCUT2D eigenvalue weighted by Gasteiger charge is -2.03. The van der Waals surface area contributed by atoms with E-state index < -0.39 is 0 Å². The molecule has 24 heavy (non-hydrogen) atoms. The number of thiazole rings is 1. The first kappa shape index (κ1) is 17.2. The van der Waals surface area contributed by atoms with Crippen molar-refractivity contribution in [2.75, 3.05) is 5.32 Å². The van der Waals surface area contributed by atoms with Crippen molar-refractivity contribution in [2.24, 2.45) is 0 Å². The zero-order chi connectivity index (χ0) is 16.8. The zero-order valence-corrected chi connectivity index (χ0v) is 16.0. The lowest BCUT2D eigenvalue weighted by molar-refractivity contribution is -0.115. The molecule has 3 aromatic rings. The molecule has 3 rings (SSSR count). The van der Waals surface area contributed by atoms with E-state index in [0.717, 1.165) is 25.9 Å². The van der Waals surface area contributed by atoms with Gasteiger partial charge in [-0.15, -0.1) is 11.3 Å². The summed E-state index contributed by atoms with van der Waals surface area (Å²) in [6, 6.07) is 17.7. The van der Waals surface area contributed by atoms with Crippen LogP contribution in [0.15, 0.2) is 68.8 Å². The van der Waals surface area contributed by atoms with Gasteiger partial charge < -0.3 is 5.32 Å². The van der Waals surface area contributed by atoms with Gasteiger partial charge in [0.25, 0.3) is 0 Å². The molecule has 0 spiro atoms. The number of amides is 1. The number of carbonyl (C=O) groups excluding carboxylic acids is 1. The van der Waals surface area contributed by atoms with Gasteiger partial charge in [0.1, 0.15) is 4.34 Å². The van der Waals surface area contributed by atoms with E-state index in [1.165, 1.54) is 5.56 Å². The number of para-hydroxylation sites is 1. The summed E-state index contributed by atoms with van der Waals surface area (Å²) >= 11 is 6.71. The third-order valence-corrected chi connectivity index (χ3v) is 5.88. The summed E-state index contributed by atoms with van der Waals surface area (Å²) in [6.45, 7) is 0. The van der Waals surface area contributed by atoms with Crippen molar-refractivity contribution in [3.8, 4) is 0 Å². The van der Waals surface area contributed by atoms with Gasteiger partial charge in [-0.25, -0.2) is 4.98 Å². The number of carbonyl (C=O) groups is 1. The number of thioether (sulfide) groups is 1. The minimum Gasteiger partial charge on any atom is -0.326 e. The molecule has 2 aromatic carbocycles. The maximum atomic E-state index is 12.0. The number of hydrogen-bond acceptors (Lipinski definition) is 4. The minimum absolute atomic E-state index is 0.0454. The Kier molecular flexibility index (Phi) is 6.07. The highest BCUT2D eigenvalue weighted by atomic mass is 79.9. The Hall–Kier alpha value is -1.63. The van der Waals surface area contributed by atoms with Crippen molar-refractivity contribution < 1.29 is 4.79 Å². The average Bonchev–Trinajstić information content (AvgIpc) is 3.02. The Labute approximate surface area is 157 Å². The van der Waals surface area contributed by atoms with E-state index in [0.29, 0.717) is 6.42 Å². The third-order valence-electron chi connectivity index (χ3n) is 3.21. The number of hydrogen-bond donors (Lipinski definition) is 1. The third kappa shape index (κ3) is 5.19. The molecule has 0 aliphatic heterocycles. The number of halogens is 1. The van der Waals surface area contributed by atoms with Crippen molar-refractivity contribution >= 4 is 50.6 Å². The first-order chi connectivity index (χ1) is 11.7. The minimum atomic E-state index is -0.0454. The fraction of sp³-hybridized carbons (Fsp3) is 0.111. The molecule has 3 nitrogen and oxygen atoms in total. The van der Waals surface area contributed by atoms with Gasteiger partial charge in [-0.05, 0) is 29.8 Å². The number of nitrogens with zero attached hydrogens (tertiary/aromatic N) is 1. The molecule has 1 heterocycles. The lowest BCUT2D eigenvalue weighted by atomic mass is 10.2. The topological polar surface area (TPSA) is 42.0 Å². The van der Waals surface area contributed by atoms with E-state index >= 15 is 0 Å². The summed E-state index contributed by atoms with van der Waals surface area (Å²) in [7, 11) is 0. The lowest BCUT2D eigenvalue weighted by Crippen LogP contribution is -2.14. The quantitative estimate of drug-likeness (QED) is 0.546. The summed E-state index contributed by atoms with van der Waals surface area (Å²) in [6.07, 6.45) is 0.296. The molecule has 1 aromatic heterocycles. The SMILES string of the molecule is O=C(Cc1csc(SCc2ccc(Br)cc2)n1)Nc1ccccc1. The Morgan fingerprint density at radius 2 is 1.88 bits per heavy atom. The molecule has 6 heteroatoms. The van der Waals surface area contributed by atoms with Gasteiger partial charge in [-0.3, -0.25) is 4.79 Å². The van der Waals surface area contributed by atoms with Gasteiger partial charge in [0, 0.05) is 21.3 Å². The van der Waals surface area contributed by atoms with E-state index in [2.05, 4.69) is 38.4 Å². The summed E-state index contributed by atoms with van der Waals surface area (Å²) in [5, 5.41) is 4.83. The summed E-state index contributed by atoms with van der Waals surface area (Å²) in [5.41, 5.74) is 2.87. The van der Waals surface area contributed by atoms with Gasteiger partial charge in [0.15, 0.2) is 0 Å². The molecule has 0 fully saturated rings. The van der Waals surface area contributed by atoms with Crippen LogP contribution in [0, 0.1) is 0 Å². The molecule has 0 unspecified atom stereocenters. The van der Waals surface area contributed by atoms with Crippen molar-refractivity contribution in [3.63, 3.8) is 0 Å². The molecular weight excluding hydrogens is 404 g/mol. The molecule has 0 atom stereocenters. The summed E-state index contributed by atoms with van der Waals surface area (Å²) in [4.78, 5) is 16.6. The van der Waals surface area contributed by atoms with E-state index in [9.17, 15) is 4.79 Å². The van der Waals surface area contributed by atoms with Gasteiger partial charge in [-0.1, -0.05) is 58.0 Å². The number of aromatic nitrogens is 1. The maximum absolute atomic E-state index is 12.0. The van der Waals surface area contributed by atoms with Crippen molar-refractivity contribution in [2.45, 2.75) is 16.5 Å². The highest BCUT2D eigenvalue weighted by Gasteiger charge is 2.08. The first-order valence-corrected chi connectivity index (χ1v) is 10.0. The highest BCUT2D eigenvalue weighted by molar-refractivity contribution is 9.10. The van der Waals surface area contributed by atoms with Crippen LogP contribution in [0.1, 0.15) is 11.3 Å². The number of rotatable bonds is 6. The van der Waals surface area contributed by atoms with E-state index in [-0.39, 0.29) is 5.91 Å². The van der Waals surface area contributed by atoms with E-state index in [1.807, 2.05) is 47.8 Å². The smallest absolute Gasteiger partial charge is 0.230 e. The normalized spacial score (nSPS) is 10.5. The Bertz CT molecular complexity index is 803. The molecule has 1 N–H and O–H groups in total. The number of anilines is 1. The molecule has 0 aliphatic carbocycles. The molecule has 0 saturated heterocycles. The fourth-order valence-corrected chi connectivity index (χ4v) is 4.12. The Morgan fingerprint density at radius 1 is 1.12 bits per heavy atom. The molecule has 0 radical (unpaired) electrons. The molecule has 0 bridgehead atoms. The largest absolute Gasteiger partial charge is 0.326 e. The monoisotopic (exact) mass is 418 g/mol. The second kappa shape index (κ2) is 8.46. The predicted octanol–water partition coefficient (Wildman–Crippen LogP) is 5.38. The predicted molar refractivity (Wildman–Crippen MR) is 105 cm³/mol. The van der Waals surface area contributed by atoms with Crippen molar-refractivity contribution in [1.29, 1.82) is 0 Å². The summed E-state index contributed by atoms with van der Waals surface area (Å²) < 4.78 is 2.07. The van der Waals surface area contributed by atoms with Crippen LogP contribution >= 0.6 is 39.0 Å². The van der Waals surface area contributed by atoms with Crippen LogP contribution in [0.5, 0.6) is 0 Å². The van der Waals surface area contributed by atoms with Gasteiger partial charge >= 0.3 is 0 Å². The highest BCUT2D eigenvalue weighted by Crippen LogP contribution is 2.27. The van der Waals surface area contributed by atoms with Gasteiger partial charge in [0.2, 0.25) is 5.91 Å².